The molecule has 0 N–H and O–H groups in total. The van der Waals surface area contributed by atoms with Crippen LogP contribution in [-0.2, 0) is 22.4 Å². The highest BCUT2D eigenvalue weighted by atomic mass is 16.5. The summed E-state index contributed by atoms with van der Waals surface area (Å²) >= 11 is 0. The predicted molar refractivity (Wildman–Crippen MR) is 80.8 cm³/mol. The summed E-state index contributed by atoms with van der Waals surface area (Å²) in [5, 5.41) is 1.19. The molecule has 2 rings (SSSR count). The molecule has 3 nitrogen and oxygen atoms in total. The number of aryl methyl sites for hydroxylation is 2. The summed E-state index contributed by atoms with van der Waals surface area (Å²) in [5.41, 5.74) is 4.39. The van der Waals surface area contributed by atoms with Crippen molar-refractivity contribution < 1.29 is 9.53 Å². The van der Waals surface area contributed by atoms with Gasteiger partial charge in [0.25, 0.3) is 0 Å². The van der Waals surface area contributed by atoms with Crippen molar-refractivity contribution in [1.29, 1.82) is 0 Å². The van der Waals surface area contributed by atoms with E-state index in [2.05, 4.69) is 31.0 Å². The topological polar surface area (TPSA) is 39.2 Å². The summed E-state index contributed by atoms with van der Waals surface area (Å²) in [6, 6.07) is 8.14. The number of hydrogen-bond acceptors (Lipinski definition) is 3. The first-order valence-corrected chi connectivity index (χ1v) is 7.19. The van der Waals surface area contributed by atoms with Crippen LogP contribution in [0, 0.1) is 6.92 Å². The molecule has 0 fully saturated rings. The molecule has 1 heterocycles. The van der Waals surface area contributed by atoms with Crippen molar-refractivity contribution in [3.63, 3.8) is 0 Å². The quantitative estimate of drug-likeness (QED) is 0.780. The van der Waals surface area contributed by atoms with Crippen LogP contribution in [0.25, 0.3) is 10.9 Å². The van der Waals surface area contributed by atoms with Gasteiger partial charge in [-0.15, -0.1) is 0 Å². The first-order chi connectivity index (χ1) is 9.65. The number of pyridine rings is 1. The van der Waals surface area contributed by atoms with E-state index in [1.54, 1.807) is 0 Å². The van der Waals surface area contributed by atoms with Crippen molar-refractivity contribution in [3.8, 4) is 0 Å². The first-order valence-electron chi connectivity index (χ1n) is 7.19. The monoisotopic (exact) mass is 271 g/mol. The molecule has 0 aliphatic carbocycles. The molecule has 0 amide bonds. The number of esters is 1. The third-order valence-electron chi connectivity index (χ3n) is 3.41. The lowest BCUT2D eigenvalue weighted by Gasteiger charge is -2.10. The lowest BCUT2D eigenvalue weighted by molar-refractivity contribution is -0.142. The van der Waals surface area contributed by atoms with E-state index >= 15 is 0 Å². The molecule has 0 aliphatic heterocycles. The average molecular weight is 271 g/mol. The first kappa shape index (κ1) is 14.5. The third-order valence-corrected chi connectivity index (χ3v) is 3.41. The van der Waals surface area contributed by atoms with E-state index in [-0.39, 0.29) is 12.4 Å². The summed E-state index contributed by atoms with van der Waals surface area (Å²) in [5.74, 6) is -0.222. The molecule has 2 aromatic rings. The van der Waals surface area contributed by atoms with Gasteiger partial charge in [-0.25, -0.2) is 0 Å². The molecule has 0 bridgehead atoms. The van der Waals surface area contributed by atoms with Gasteiger partial charge in [-0.2, -0.15) is 0 Å². The Balaban J connectivity index is 2.35. The Hall–Kier alpha value is -1.90. The Labute approximate surface area is 120 Å². The highest BCUT2D eigenvalue weighted by Crippen LogP contribution is 2.23. The van der Waals surface area contributed by atoms with Gasteiger partial charge in [-0.05, 0) is 43.5 Å². The number of aromatic nitrogens is 1. The van der Waals surface area contributed by atoms with Gasteiger partial charge in [0.05, 0.1) is 24.2 Å². The Morgan fingerprint density at radius 1 is 1.20 bits per heavy atom. The van der Waals surface area contributed by atoms with Crippen LogP contribution in [0.4, 0.5) is 0 Å². The molecule has 20 heavy (non-hydrogen) atoms. The molecule has 0 spiro atoms. The summed E-state index contributed by atoms with van der Waals surface area (Å²) in [7, 11) is 0. The molecule has 0 unspecified atom stereocenters. The fourth-order valence-corrected chi connectivity index (χ4v) is 2.46. The number of carbonyl (C=O) groups is 1. The van der Waals surface area contributed by atoms with Crippen molar-refractivity contribution in [1.82, 2.24) is 4.98 Å². The highest BCUT2D eigenvalue weighted by Gasteiger charge is 2.09. The maximum atomic E-state index is 11.5. The van der Waals surface area contributed by atoms with Gasteiger partial charge in [0.1, 0.15) is 0 Å². The molecule has 0 atom stereocenters. The van der Waals surface area contributed by atoms with Crippen LogP contribution in [-0.4, -0.2) is 17.6 Å². The van der Waals surface area contributed by atoms with E-state index in [0.717, 1.165) is 24.1 Å². The lowest BCUT2D eigenvalue weighted by atomic mass is 9.98. The zero-order chi connectivity index (χ0) is 14.5. The van der Waals surface area contributed by atoms with Crippen molar-refractivity contribution in [2.75, 3.05) is 6.61 Å². The molecule has 1 aromatic carbocycles. The fourth-order valence-electron chi connectivity index (χ4n) is 2.46. The van der Waals surface area contributed by atoms with Crippen LogP contribution in [0.2, 0.25) is 0 Å². The Kier molecular flexibility index (Phi) is 4.72. The van der Waals surface area contributed by atoms with Crippen LogP contribution in [0.3, 0.4) is 0 Å². The third kappa shape index (κ3) is 3.16. The van der Waals surface area contributed by atoms with Gasteiger partial charge in [-0.3, -0.25) is 9.78 Å². The van der Waals surface area contributed by atoms with E-state index in [4.69, 9.17) is 4.74 Å². The second-order valence-electron chi connectivity index (χ2n) is 4.96. The summed E-state index contributed by atoms with van der Waals surface area (Å²) in [6.07, 6.45) is 2.41. The van der Waals surface area contributed by atoms with Crippen molar-refractivity contribution >= 4 is 16.9 Å². The minimum absolute atomic E-state index is 0.222. The number of rotatable bonds is 5. The normalized spacial score (nSPS) is 10.8. The van der Waals surface area contributed by atoms with E-state index in [9.17, 15) is 4.79 Å². The fraction of sp³-hybridized carbons (Fsp3) is 0.412. The zero-order valence-corrected chi connectivity index (χ0v) is 12.4. The molecular formula is C17H21NO2. The van der Waals surface area contributed by atoms with E-state index in [1.807, 2.05) is 19.1 Å². The standard InChI is InChI=1S/C17H21NO2/c1-4-6-14-12(3)7-10-16-15(14)9-8-13(18-16)11-17(19)20-5-2/h7-10H,4-6,11H2,1-3H3. The number of carbonyl (C=O) groups excluding carboxylic acids is 1. The molecule has 1 aromatic heterocycles. The van der Waals surface area contributed by atoms with Gasteiger partial charge >= 0.3 is 5.97 Å². The van der Waals surface area contributed by atoms with Crippen LogP contribution in [0.15, 0.2) is 24.3 Å². The van der Waals surface area contributed by atoms with Gasteiger partial charge in [0.2, 0.25) is 0 Å². The Morgan fingerprint density at radius 3 is 2.70 bits per heavy atom. The van der Waals surface area contributed by atoms with Crippen LogP contribution >= 0.6 is 0 Å². The largest absolute Gasteiger partial charge is 0.466 e. The summed E-state index contributed by atoms with van der Waals surface area (Å²) < 4.78 is 4.96. The molecular weight excluding hydrogens is 250 g/mol. The molecule has 3 heteroatoms. The molecule has 0 aliphatic rings. The van der Waals surface area contributed by atoms with Crippen molar-refractivity contribution in [2.24, 2.45) is 0 Å². The molecule has 0 radical (unpaired) electrons. The van der Waals surface area contributed by atoms with Crippen LogP contribution < -0.4 is 0 Å². The second kappa shape index (κ2) is 6.51. The number of nitrogens with zero attached hydrogens (tertiary/aromatic N) is 1. The Bertz CT molecular complexity index is 620. The smallest absolute Gasteiger partial charge is 0.311 e. The second-order valence-corrected chi connectivity index (χ2v) is 4.96. The minimum Gasteiger partial charge on any atom is -0.466 e. The van der Waals surface area contributed by atoms with Gasteiger partial charge in [0, 0.05) is 5.39 Å². The number of fused-ring (bicyclic) bond motifs is 1. The Morgan fingerprint density at radius 2 is 2.00 bits per heavy atom. The summed E-state index contributed by atoms with van der Waals surface area (Å²) in [6.45, 7) is 6.54. The zero-order valence-electron chi connectivity index (χ0n) is 12.4. The molecule has 0 saturated heterocycles. The van der Waals surface area contributed by atoms with E-state index in [1.165, 1.54) is 16.5 Å². The van der Waals surface area contributed by atoms with Crippen LogP contribution in [0.5, 0.6) is 0 Å². The van der Waals surface area contributed by atoms with Gasteiger partial charge in [-0.1, -0.05) is 25.5 Å². The molecule has 0 saturated carbocycles. The number of benzene rings is 1. The maximum Gasteiger partial charge on any atom is 0.311 e. The van der Waals surface area contributed by atoms with E-state index < -0.39 is 0 Å². The number of hydrogen-bond donors (Lipinski definition) is 0. The maximum absolute atomic E-state index is 11.5. The summed E-state index contributed by atoms with van der Waals surface area (Å²) in [4.78, 5) is 16.1. The van der Waals surface area contributed by atoms with Crippen LogP contribution in [0.1, 0.15) is 37.1 Å². The minimum atomic E-state index is -0.222. The highest BCUT2D eigenvalue weighted by molar-refractivity contribution is 5.84. The predicted octanol–water partition coefficient (Wildman–Crippen LogP) is 3.60. The average Bonchev–Trinajstić information content (AvgIpc) is 2.42. The van der Waals surface area contributed by atoms with Gasteiger partial charge in [0.15, 0.2) is 0 Å². The van der Waals surface area contributed by atoms with Gasteiger partial charge < -0.3 is 4.74 Å². The lowest BCUT2D eigenvalue weighted by Crippen LogP contribution is -2.08. The number of ether oxygens (including phenoxy) is 1. The van der Waals surface area contributed by atoms with Crippen molar-refractivity contribution in [3.05, 3.63) is 41.1 Å². The SMILES string of the molecule is CCCc1c(C)ccc2nc(CC(=O)OCC)ccc12. The molecule has 106 valence electrons. The van der Waals surface area contributed by atoms with Crippen molar-refractivity contribution in [2.45, 2.75) is 40.0 Å². The van der Waals surface area contributed by atoms with E-state index in [0.29, 0.717) is 6.61 Å².